The van der Waals surface area contributed by atoms with Gasteiger partial charge in [0.15, 0.2) is 0 Å². The van der Waals surface area contributed by atoms with Gasteiger partial charge in [0.05, 0.1) is 11.6 Å². The number of para-hydroxylation sites is 1. The summed E-state index contributed by atoms with van der Waals surface area (Å²) in [5.74, 6) is 0.193. The van der Waals surface area contributed by atoms with Crippen molar-refractivity contribution in [1.82, 2.24) is 10.6 Å². The maximum Gasteiger partial charge on any atom is 0.338 e. The van der Waals surface area contributed by atoms with E-state index in [2.05, 4.69) is 10.6 Å². The average molecular weight is 382 g/mol. The highest BCUT2D eigenvalue weighted by Gasteiger charge is 2.33. The van der Waals surface area contributed by atoms with Gasteiger partial charge < -0.3 is 25.2 Å². The number of aromatic hydroxyl groups is 1. The zero-order valence-corrected chi connectivity index (χ0v) is 15.5. The van der Waals surface area contributed by atoms with Crippen LogP contribution in [0.15, 0.2) is 65.9 Å². The number of urea groups is 1. The van der Waals surface area contributed by atoms with Crippen molar-refractivity contribution in [2.75, 3.05) is 13.2 Å². The molecule has 0 saturated carbocycles. The second-order valence-electron chi connectivity index (χ2n) is 6.17. The number of ether oxygens (including phenoxy) is 2. The van der Waals surface area contributed by atoms with E-state index in [1.807, 2.05) is 37.3 Å². The summed E-state index contributed by atoms with van der Waals surface area (Å²) in [6, 6.07) is 14.5. The van der Waals surface area contributed by atoms with Gasteiger partial charge in [-0.05, 0) is 36.2 Å². The van der Waals surface area contributed by atoms with Gasteiger partial charge in [-0.25, -0.2) is 9.59 Å². The lowest BCUT2D eigenvalue weighted by atomic mass is 9.94. The van der Waals surface area contributed by atoms with Crippen LogP contribution in [0.4, 0.5) is 4.79 Å². The number of hydrogen-bond acceptors (Lipinski definition) is 5. The van der Waals surface area contributed by atoms with Crippen molar-refractivity contribution in [1.29, 1.82) is 0 Å². The largest absolute Gasteiger partial charge is 0.508 e. The predicted octanol–water partition coefficient (Wildman–Crippen LogP) is 3.03. The first-order valence-corrected chi connectivity index (χ1v) is 9.03. The Bertz CT molecular complexity index is 879. The van der Waals surface area contributed by atoms with E-state index in [0.717, 1.165) is 0 Å². The number of benzene rings is 2. The molecule has 28 heavy (non-hydrogen) atoms. The van der Waals surface area contributed by atoms with Gasteiger partial charge in [0.1, 0.15) is 24.7 Å². The Morgan fingerprint density at radius 1 is 1.11 bits per heavy atom. The molecule has 0 fully saturated rings. The van der Waals surface area contributed by atoms with Gasteiger partial charge in [-0.2, -0.15) is 0 Å². The standard InChI is InChI=1S/C21H22N2O5/c1-2-17-18(20(25)28-12-11-27-16-9-4-3-5-10-16)19(23-21(26)22-17)14-7-6-8-15(24)13-14/h3-10,13,19,24H,2,11-12H2,1H3,(H2,22,23,26). The van der Waals surface area contributed by atoms with Crippen molar-refractivity contribution in [3.8, 4) is 11.5 Å². The molecule has 0 radical (unpaired) electrons. The van der Waals surface area contributed by atoms with E-state index in [0.29, 0.717) is 29.0 Å². The maximum absolute atomic E-state index is 12.8. The van der Waals surface area contributed by atoms with Crippen LogP contribution in [0.5, 0.6) is 11.5 Å². The van der Waals surface area contributed by atoms with Gasteiger partial charge in [-0.3, -0.25) is 0 Å². The molecule has 2 aromatic rings. The molecule has 2 aromatic carbocycles. The predicted molar refractivity (Wildman–Crippen MR) is 103 cm³/mol. The van der Waals surface area contributed by atoms with Crippen LogP contribution in [0.3, 0.4) is 0 Å². The number of nitrogens with one attached hydrogen (secondary N) is 2. The van der Waals surface area contributed by atoms with Gasteiger partial charge in [-0.1, -0.05) is 37.3 Å². The Morgan fingerprint density at radius 3 is 2.61 bits per heavy atom. The van der Waals surface area contributed by atoms with Crippen molar-refractivity contribution >= 4 is 12.0 Å². The minimum absolute atomic E-state index is 0.0484. The molecule has 0 bridgehead atoms. The lowest BCUT2D eigenvalue weighted by molar-refractivity contribution is -0.140. The van der Waals surface area contributed by atoms with E-state index in [1.165, 1.54) is 12.1 Å². The third-order valence-corrected chi connectivity index (χ3v) is 4.26. The number of esters is 1. The van der Waals surface area contributed by atoms with Crippen LogP contribution in [-0.2, 0) is 9.53 Å². The highest BCUT2D eigenvalue weighted by Crippen LogP contribution is 2.30. The lowest BCUT2D eigenvalue weighted by Crippen LogP contribution is -2.46. The minimum Gasteiger partial charge on any atom is -0.508 e. The maximum atomic E-state index is 12.8. The average Bonchev–Trinajstić information content (AvgIpc) is 2.71. The van der Waals surface area contributed by atoms with Crippen LogP contribution in [0.1, 0.15) is 24.9 Å². The molecule has 0 aliphatic carbocycles. The zero-order chi connectivity index (χ0) is 19.9. The number of carbonyl (C=O) groups excluding carboxylic acids is 2. The molecular formula is C21H22N2O5. The molecule has 1 aliphatic heterocycles. The number of phenolic OH excluding ortho intramolecular Hbond substituents is 1. The molecule has 2 amide bonds. The Morgan fingerprint density at radius 2 is 1.89 bits per heavy atom. The molecule has 1 atom stereocenters. The van der Waals surface area contributed by atoms with Crippen LogP contribution in [0.2, 0.25) is 0 Å². The second kappa shape index (κ2) is 8.94. The molecule has 146 valence electrons. The van der Waals surface area contributed by atoms with Gasteiger partial charge in [0, 0.05) is 5.70 Å². The van der Waals surface area contributed by atoms with E-state index in [-0.39, 0.29) is 19.0 Å². The third-order valence-electron chi connectivity index (χ3n) is 4.26. The van der Waals surface area contributed by atoms with Crippen molar-refractivity contribution in [2.45, 2.75) is 19.4 Å². The quantitative estimate of drug-likeness (QED) is 0.505. The summed E-state index contributed by atoms with van der Waals surface area (Å²) < 4.78 is 10.9. The number of rotatable bonds is 7. The molecule has 1 heterocycles. The highest BCUT2D eigenvalue weighted by atomic mass is 16.6. The number of hydrogen-bond donors (Lipinski definition) is 3. The monoisotopic (exact) mass is 382 g/mol. The van der Waals surface area contributed by atoms with Crippen molar-refractivity contribution in [3.63, 3.8) is 0 Å². The Labute approximate surface area is 163 Å². The Hall–Kier alpha value is -3.48. The smallest absolute Gasteiger partial charge is 0.338 e. The Balaban J connectivity index is 1.72. The van der Waals surface area contributed by atoms with E-state index >= 15 is 0 Å². The number of amides is 2. The summed E-state index contributed by atoms with van der Waals surface area (Å²) in [5.41, 5.74) is 1.40. The van der Waals surface area contributed by atoms with Crippen LogP contribution < -0.4 is 15.4 Å². The van der Waals surface area contributed by atoms with Crippen LogP contribution in [0.25, 0.3) is 0 Å². The zero-order valence-electron chi connectivity index (χ0n) is 15.5. The first-order chi connectivity index (χ1) is 13.6. The van der Waals surface area contributed by atoms with Crippen LogP contribution >= 0.6 is 0 Å². The summed E-state index contributed by atoms with van der Waals surface area (Å²) in [7, 11) is 0. The highest BCUT2D eigenvalue weighted by molar-refractivity contribution is 5.95. The van der Waals surface area contributed by atoms with Gasteiger partial charge in [-0.15, -0.1) is 0 Å². The second-order valence-corrected chi connectivity index (χ2v) is 6.17. The Kier molecular flexibility index (Phi) is 6.16. The van der Waals surface area contributed by atoms with Crippen molar-refractivity contribution < 1.29 is 24.2 Å². The van der Waals surface area contributed by atoms with Crippen molar-refractivity contribution in [3.05, 3.63) is 71.4 Å². The molecule has 0 aromatic heterocycles. The lowest BCUT2D eigenvalue weighted by Gasteiger charge is -2.29. The van der Waals surface area contributed by atoms with Gasteiger partial charge in [0.2, 0.25) is 0 Å². The third kappa shape index (κ3) is 4.62. The summed E-state index contributed by atoms with van der Waals surface area (Å²) in [6.07, 6.45) is 0.452. The fourth-order valence-corrected chi connectivity index (χ4v) is 2.98. The molecular weight excluding hydrogens is 360 g/mol. The van der Waals surface area contributed by atoms with Crippen molar-refractivity contribution in [2.24, 2.45) is 0 Å². The summed E-state index contributed by atoms with van der Waals surface area (Å²) in [4.78, 5) is 24.8. The summed E-state index contributed by atoms with van der Waals surface area (Å²) in [6.45, 7) is 2.11. The molecule has 0 spiro atoms. The van der Waals surface area contributed by atoms with Crippen LogP contribution in [-0.4, -0.2) is 30.3 Å². The normalized spacial score (nSPS) is 16.2. The summed E-state index contributed by atoms with van der Waals surface area (Å²) in [5, 5.41) is 15.1. The molecule has 1 unspecified atom stereocenters. The topological polar surface area (TPSA) is 96.9 Å². The number of allylic oxidation sites excluding steroid dienone is 1. The molecule has 3 rings (SSSR count). The fraction of sp³-hybridized carbons (Fsp3) is 0.238. The first-order valence-electron chi connectivity index (χ1n) is 9.03. The number of carbonyl (C=O) groups is 2. The molecule has 1 aliphatic rings. The fourth-order valence-electron chi connectivity index (χ4n) is 2.98. The molecule has 3 N–H and O–H groups in total. The van der Waals surface area contributed by atoms with Gasteiger partial charge >= 0.3 is 12.0 Å². The molecule has 0 saturated heterocycles. The van der Waals surface area contributed by atoms with E-state index in [9.17, 15) is 14.7 Å². The van der Waals surface area contributed by atoms with Gasteiger partial charge in [0.25, 0.3) is 0 Å². The SMILES string of the molecule is CCC1=C(C(=O)OCCOc2ccccc2)C(c2cccc(O)c2)NC(=O)N1. The first kappa shape index (κ1) is 19.3. The minimum atomic E-state index is -0.710. The molecule has 7 nitrogen and oxygen atoms in total. The molecule has 7 heteroatoms. The van der Waals surface area contributed by atoms with E-state index in [1.54, 1.807) is 12.1 Å². The number of phenols is 1. The van der Waals surface area contributed by atoms with E-state index < -0.39 is 18.0 Å². The van der Waals surface area contributed by atoms with E-state index in [4.69, 9.17) is 9.47 Å². The van der Waals surface area contributed by atoms with Crippen LogP contribution in [0, 0.1) is 0 Å². The summed E-state index contributed by atoms with van der Waals surface area (Å²) >= 11 is 0.